The minimum atomic E-state index is -0.0291. The minimum absolute atomic E-state index is 0.0291. The van der Waals surface area contributed by atoms with Crippen molar-refractivity contribution in [2.45, 2.75) is 57.2 Å². The number of morpholine rings is 1. The highest BCUT2D eigenvalue weighted by Gasteiger charge is 2.41. The maximum atomic E-state index is 9.72. The fourth-order valence-electron chi connectivity index (χ4n) is 3.41. The smallest absolute Gasteiger partial charge is 0.0619 e. The maximum absolute atomic E-state index is 9.72. The highest BCUT2D eigenvalue weighted by atomic mass is 16.5. The zero-order valence-electron chi connectivity index (χ0n) is 11.8. The van der Waals surface area contributed by atoms with Crippen LogP contribution in [0.1, 0.15) is 39.5 Å². The molecule has 1 saturated carbocycles. The largest absolute Gasteiger partial charge is 0.394 e. The summed E-state index contributed by atoms with van der Waals surface area (Å²) in [6.07, 6.45) is 4.49. The van der Waals surface area contributed by atoms with Gasteiger partial charge < -0.3 is 15.2 Å². The van der Waals surface area contributed by atoms with Crippen molar-refractivity contribution in [3.63, 3.8) is 0 Å². The molecule has 2 N–H and O–H groups in total. The Labute approximate surface area is 111 Å². The van der Waals surface area contributed by atoms with Crippen LogP contribution in [0.3, 0.4) is 0 Å². The van der Waals surface area contributed by atoms with E-state index in [1.54, 1.807) is 0 Å². The molecule has 2 fully saturated rings. The summed E-state index contributed by atoms with van der Waals surface area (Å²) >= 11 is 0. The zero-order valence-corrected chi connectivity index (χ0v) is 11.8. The van der Waals surface area contributed by atoms with E-state index in [-0.39, 0.29) is 12.1 Å². The number of nitrogens with one attached hydrogen (secondary N) is 1. The van der Waals surface area contributed by atoms with Crippen LogP contribution in [0.4, 0.5) is 0 Å². The summed E-state index contributed by atoms with van der Waals surface area (Å²) in [6.45, 7) is 8.45. The molecular formula is C14H28N2O2. The molecule has 1 aliphatic heterocycles. The van der Waals surface area contributed by atoms with Crippen molar-refractivity contribution in [2.24, 2.45) is 0 Å². The van der Waals surface area contributed by atoms with E-state index in [0.29, 0.717) is 12.1 Å². The molecule has 106 valence electrons. The van der Waals surface area contributed by atoms with Crippen molar-refractivity contribution in [3.05, 3.63) is 0 Å². The van der Waals surface area contributed by atoms with E-state index in [0.717, 1.165) is 45.6 Å². The molecule has 4 heteroatoms. The van der Waals surface area contributed by atoms with Crippen LogP contribution in [0.5, 0.6) is 0 Å². The van der Waals surface area contributed by atoms with Crippen LogP contribution in [-0.4, -0.2) is 60.5 Å². The predicted molar refractivity (Wildman–Crippen MR) is 72.7 cm³/mol. The standard InChI is InChI=1S/C14H28N2O2/c1-3-6-15-14(11-17)5-4-13(9-14)16-7-8-18-10-12(16)2/h12-13,15,17H,3-11H2,1-2H3. The lowest BCUT2D eigenvalue weighted by Crippen LogP contribution is -2.52. The summed E-state index contributed by atoms with van der Waals surface area (Å²) in [5, 5.41) is 13.3. The molecule has 0 aromatic rings. The molecule has 3 unspecified atom stereocenters. The Morgan fingerprint density at radius 2 is 2.33 bits per heavy atom. The first kappa shape index (κ1) is 14.3. The SMILES string of the molecule is CCCNC1(CO)CCC(N2CCOCC2C)C1. The number of ether oxygens (including phenoxy) is 1. The van der Waals surface area contributed by atoms with E-state index in [9.17, 15) is 5.11 Å². The van der Waals surface area contributed by atoms with Crippen molar-refractivity contribution >= 4 is 0 Å². The molecule has 2 rings (SSSR count). The average molecular weight is 256 g/mol. The van der Waals surface area contributed by atoms with Crippen molar-refractivity contribution in [1.82, 2.24) is 10.2 Å². The van der Waals surface area contributed by atoms with Crippen LogP contribution >= 0.6 is 0 Å². The molecule has 0 aromatic carbocycles. The van der Waals surface area contributed by atoms with Crippen molar-refractivity contribution in [2.75, 3.05) is 32.9 Å². The summed E-state index contributed by atoms with van der Waals surface area (Å²) in [5.41, 5.74) is -0.0291. The zero-order chi connectivity index (χ0) is 13.0. The summed E-state index contributed by atoms with van der Waals surface area (Å²) in [5.74, 6) is 0. The van der Waals surface area contributed by atoms with Gasteiger partial charge in [0.1, 0.15) is 0 Å². The number of rotatable bonds is 5. The molecule has 3 atom stereocenters. The first-order valence-electron chi connectivity index (χ1n) is 7.40. The molecule has 0 bridgehead atoms. The van der Waals surface area contributed by atoms with Gasteiger partial charge in [0.25, 0.3) is 0 Å². The van der Waals surface area contributed by atoms with Crippen LogP contribution in [-0.2, 0) is 4.74 Å². The Bertz CT molecular complexity index is 262. The van der Waals surface area contributed by atoms with E-state index < -0.39 is 0 Å². The molecule has 18 heavy (non-hydrogen) atoms. The van der Waals surface area contributed by atoms with E-state index in [1.165, 1.54) is 6.42 Å². The lowest BCUT2D eigenvalue weighted by molar-refractivity contribution is -0.0228. The van der Waals surface area contributed by atoms with Crippen LogP contribution in [0.15, 0.2) is 0 Å². The normalized spacial score (nSPS) is 38.2. The number of hydrogen-bond donors (Lipinski definition) is 2. The van der Waals surface area contributed by atoms with Crippen LogP contribution in [0, 0.1) is 0 Å². The molecule has 0 radical (unpaired) electrons. The highest BCUT2D eigenvalue weighted by Crippen LogP contribution is 2.34. The molecule has 0 amide bonds. The number of aliphatic hydroxyl groups is 1. The highest BCUT2D eigenvalue weighted by molar-refractivity contribution is 5.00. The average Bonchev–Trinajstić information content (AvgIpc) is 2.82. The topological polar surface area (TPSA) is 44.7 Å². The van der Waals surface area contributed by atoms with Gasteiger partial charge in [0.15, 0.2) is 0 Å². The lowest BCUT2D eigenvalue weighted by Gasteiger charge is -2.39. The van der Waals surface area contributed by atoms with Crippen molar-refractivity contribution in [1.29, 1.82) is 0 Å². The summed E-state index contributed by atoms with van der Waals surface area (Å²) in [6, 6.07) is 1.13. The van der Waals surface area contributed by atoms with Gasteiger partial charge in [-0.05, 0) is 39.2 Å². The molecule has 1 aliphatic carbocycles. The molecular weight excluding hydrogens is 228 g/mol. The third kappa shape index (κ3) is 3.05. The molecule has 4 nitrogen and oxygen atoms in total. The second kappa shape index (κ2) is 6.33. The van der Waals surface area contributed by atoms with Gasteiger partial charge in [-0.2, -0.15) is 0 Å². The van der Waals surface area contributed by atoms with E-state index in [2.05, 4.69) is 24.1 Å². The predicted octanol–water partition coefficient (Wildman–Crippen LogP) is 0.990. The van der Waals surface area contributed by atoms with Crippen molar-refractivity contribution < 1.29 is 9.84 Å². The molecule has 2 aliphatic rings. The second-order valence-electron chi connectivity index (χ2n) is 5.92. The van der Waals surface area contributed by atoms with Gasteiger partial charge in [0, 0.05) is 24.2 Å². The van der Waals surface area contributed by atoms with E-state index in [4.69, 9.17) is 4.74 Å². The second-order valence-corrected chi connectivity index (χ2v) is 5.92. The van der Waals surface area contributed by atoms with Crippen molar-refractivity contribution in [3.8, 4) is 0 Å². The summed E-state index contributed by atoms with van der Waals surface area (Å²) < 4.78 is 5.51. The summed E-state index contributed by atoms with van der Waals surface area (Å²) in [4.78, 5) is 2.58. The Balaban J connectivity index is 1.92. The van der Waals surface area contributed by atoms with Crippen LogP contribution in [0.25, 0.3) is 0 Å². The van der Waals surface area contributed by atoms with Crippen LogP contribution in [0.2, 0.25) is 0 Å². The third-order valence-corrected chi connectivity index (χ3v) is 4.52. The maximum Gasteiger partial charge on any atom is 0.0619 e. The fraction of sp³-hybridized carbons (Fsp3) is 1.00. The van der Waals surface area contributed by atoms with E-state index >= 15 is 0 Å². The van der Waals surface area contributed by atoms with Gasteiger partial charge in [-0.3, -0.25) is 4.90 Å². The van der Waals surface area contributed by atoms with Gasteiger partial charge in [-0.25, -0.2) is 0 Å². The fourth-order valence-corrected chi connectivity index (χ4v) is 3.41. The first-order valence-corrected chi connectivity index (χ1v) is 7.40. The first-order chi connectivity index (χ1) is 8.71. The third-order valence-electron chi connectivity index (χ3n) is 4.52. The van der Waals surface area contributed by atoms with Gasteiger partial charge in [-0.1, -0.05) is 6.92 Å². The van der Waals surface area contributed by atoms with Gasteiger partial charge >= 0.3 is 0 Å². The molecule has 0 spiro atoms. The summed E-state index contributed by atoms with van der Waals surface area (Å²) in [7, 11) is 0. The number of aliphatic hydroxyl groups excluding tert-OH is 1. The Morgan fingerprint density at radius 1 is 1.50 bits per heavy atom. The number of nitrogens with zero attached hydrogens (tertiary/aromatic N) is 1. The quantitative estimate of drug-likeness (QED) is 0.770. The van der Waals surface area contributed by atoms with E-state index in [1.807, 2.05) is 0 Å². The Hall–Kier alpha value is -0.160. The van der Waals surface area contributed by atoms with Crippen LogP contribution < -0.4 is 5.32 Å². The Kier molecular flexibility index (Phi) is 5.01. The molecule has 1 heterocycles. The number of hydrogen-bond acceptors (Lipinski definition) is 4. The molecule has 0 aromatic heterocycles. The molecule has 1 saturated heterocycles. The van der Waals surface area contributed by atoms with Gasteiger partial charge in [-0.15, -0.1) is 0 Å². The lowest BCUT2D eigenvalue weighted by atomic mass is 9.97. The monoisotopic (exact) mass is 256 g/mol. The van der Waals surface area contributed by atoms with Gasteiger partial charge in [0.05, 0.1) is 19.8 Å². The Morgan fingerprint density at radius 3 is 3.00 bits per heavy atom. The minimum Gasteiger partial charge on any atom is -0.394 e. The van der Waals surface area contributed by atoms with Gasteiger partial charge in [0.2, 0.25) is 0 Å².